The maximum absolute atomic E-state index is 10.4. The van der Waals surface area contributed by atoms with Crippen molar-refractivity contribution in [2.24, 2.45) is 5.16 Å². The van der Waals surface area contributed by atoms with Gasteiger partial charge < -0.3 is 14.7 Å². The van der Waals surface area contributed by atoms with Crippen molar-refractivity contribution in [1.82, 2.24) is 4.90 Å². The number of halogens is 1. The second-order valence-electron chi connectivity index (χ2n) is 7.14. The lowest BCUT2D eigenvalue weighted by Gasteiger charge is -2.27. The van der Waals surface area contributed by atoms with Crippen molar-refractivity contribution in [3.8, 4) is 0 Å². The van der Waals surface area contributed by atoms with E-state index >= 15 is 0 Å². The molecule has 5 nitrogen and oxygen atoms in total. The number of hydrogen-bond acceptors (Lipinski definition) is 5. The van der Waals surface area contributed by atoms with Gasteiger partial charge >= 0.3 is 0 Å². The molecule has 1 aliphatic heterocycles. The lowest BCUT2D eigenvalue weighted by molar-refractivity contribution is 0.00336. The molecule has 6 heteroatoms. The van der Waals surface area contributed by atoms with Crippen LogP contribution in [0.25, 0.3) is 0 Å². The van der Waals surface area contributed by atoms with Gasteiger partial charge in [0.05, 0.1) is 25.0 Å². The summed E-state index contributed by atoms with van der Waals surface area (Å²) < 4.78 is 5.39. The molecule has 1 heterocycles. The summed E-state index contributed by atoms with van der Waals surface area (Å²) in [5.74, 6) is 0. The number of rotatable bonds is 11. The third-order valence-corrected chi connectivity index (χ3v) is 4.85. The minimum absolute atomic E-state index is 0.0642. The van der Waals surface area contributed by atoms with E-state index in [4.69, 9.17) is 21.2 Å². The van der Waals surface area contributed by atoms with E-state index in [1.54, 1.807) is 6.08 Å². The summed E-state index contributed by atoms with van der Waals surface area (Å²) in [4.78, 5) is 7.84. The summed E-state index contributed by atoms with van der Waals surface area (Å²) in [7, 11) is 0. The van der Waals surface area contributed by atoms with Gasteiger partial charge in [-0.25, -0.2) is 0 Å². The Morgan fingerprint density at radius 3 is 2.86 bits per heavy atom. The van der Waals surface area contributed by atoms with Gasteiger partial charge in [0.15, 0.2) is 0 Å². The summed E-state index contributed by atoms with van der Waals surface area (Å²) in [5, 5.41) is 15.4. The van der Waals surface area contributed by atoms with Crippen LogP contribution in [-0.4, -0.2) is 54.2 Å². The van der Waals surface area contributed by atoms with Gasteiger partial charge in [0, 0.05) is 31.1 Å². The van der Waals surface area contributed by atoms with Crippen LogP contribution in [0.4, 0.5) is 0 Å². The fraction of sp³-hybridized carbons (Fsp3) is 0.348. The minimum Gasteiger partial charge on any atom is -0.390 e. The second-order valence-corrected chi connectivity index (χ2v) is 7.58. The van der Waals surface area contributed by atoms with Crippen LogP contribution >= 0.6 is 11.6 Å². The van der Waals surface area contributed by atoms with Gasteiger partial charge in [0.2, 0.25) is 0 Å². The van der Waals surface area contributed by atoms with E-state index in [-0.39, 0.29) is 12.7 Å². The van der Waals surface area contributed by atoms with Crippen LogP contribution in [0.15, 0.2) is 72.4 Å². The number of hydrogen-bond donors (Lipinski definition) is 1. The van der Waals surface area contributed by atoms with E-state index in [9.17, 15) is 5.11 Å². The van der Waals surface area contributed by atoms with E-state index < -0.39 is 6.10 Å². The third kappa shape index (κ3) is 6.98. The average Bonchev–Trinajstić information content (AvgIpc) is 3.17. The number of oxime groups is 1. The van der Waals surface area contributed by atoms with E-state index in [1.165, 1.54) is 0 Å². The van der Waals surface area contributed by atoms with Gasteiger partial charge in [-0.3, -0.25) is 4.90 Å². The van der Waals surface area contributed by atoms with Gasteiger partial charge in [-0.2, -0.15) is 0 Å². The normalized spacial score (nSPS) is 17.1. The molecule has 0 saturated heterocycles. The lowest BCUT2D eigenvalue weighted by atomic mass is 10.0. The molecule has 0 aliphatic carbocycles. The quantitative estimate of drug-likeness (QED) is 0.447. The Hall–Kier alpha value is -2.18. The lowest BCUT2D eigenvalue weighted by Crippen LogP contribution is -2.39. The summed E-state index contributed by atoms with van der Waals surface area (Å²) in [6, 6.07) is 17.8. The zero-order valence-corrected chi connectivity index (χ0v) is 17.2. The molecule has 1 N–H and O–H groups in total. The number of aliphatic hydroxyl groups is 1. The van der Waals surface area contributed by atoms with Gasteiger partial charge in [-0.05, 0) is 23.3 Å². The van der Waals surface area contributed by atoms with Crippen LogP contribution in [0.3, 0.4) is 0 Å². The Balaban J connectivity index is 1.61. The number of benzene rings is 2. The molecule has 2 atom stereocenters. The van der Waals surface area contributed by atoms with E-state index in [2.05, 4.69) is 16.6 Å². The van der Waals surface area contributed by atoms with Gasteiger partial charge in [0.1, 0.15) is 6.10 Å². The molecule has 0 bridgehead atoms. The highest BCUT2D eigenvalue weighted by atomic mass is 35.5. The Kier molecular flexibility index (Phi) is 8.25. The van der Waals surface area contributed by atoms with Gasteiger partial charge in [-0.1, -0.05) is 65.3 Å². The largest absolute Gasteiger partial charge is 0.390 e. The SMILES string of the molecule is C=CCOC[C@@H](O)CN(Cc1cccc(Cl)c1)C[C@H]1CC(c2ccccc2)=NO1. The maximum atomic E-state index is 10.4. The van der Waals surface area contributed by atoms with Crippen molar-refractivity contribution in [2.45, 2.75) is 25.2 Å². The standard InChI is InChI=1S/C23H27ClN2O3/c1-2-11-28-17-21(27)15-26(14-18-7-6-10-20(24)12-18)16-22-13-23(25-29-22)19-8-4-3-5-9-19/h2-10,12,21-22,27H,1,11,13-17H2/t21-,22+/m0/s1. The third-order valence-electron chi connectivity index (χ3n) is 4.61. The molecule has 0 unspecified atom stereocenters. The molecule has 0 aromatic heterocycles. The second kappa shape index (κ2) is 11.1. The summed E-state index contributed by atoms with van der Waals surface area (Å²) >= 11 is 6.14. The molecule has 2 aromatic carbocycles. The van der Waals surface area contributed by atoms with Crippen LogP contribution in [0.5, 0.6) is 0 Å². The molecule has 154 valence electrons. The topological polar surface area (TPSA) is 54.3 Å². The van der Waals surface area contributed by atoms with Crippen LogP contribution < -0.4 is 0 Å². The first-order valence-electron chi connectivity index (χ1n) is 9.75. The summed E-state index contributed by atoms with van der Waals surface area (Å²) in [6.45, 7) is 6.06. The van der Waals surface area contributed by atoms with Crippen molar-refractivity contribution in [2.75, 3.05) is 26.3 Å². The average molecular weight is 415 g/mol. The predicted octanol–water partition coefficient (Wildman–Crippen LogP) is 3.90. The van der Waals surface area contributed by atoms with Crippen LogP contribution in [-0.2, 0) is 16.1 Å². The fourth-order valence-corrected chi connectivity index (χ4v) is 3.56. The smallest absolute Gasteiger partial charge is 0.145 e. The Morgan fingerprint density at radius 2 is 2.10 bits per heavy atom. The number of nitrogens with zero attached hydrogens (tertiary/aromatic N) is 2. The minimum atomic E-state index is -0.606. The Bertz CT molecular complexity index is 813. The summed E-state index contributed by atoms with van der Waals surface area (Å²) in [5.41, 5.74) is 3.11. The van der Waals surface area contributed by atoms with Crippen LogP contribution in [0.2, 0.25) is 5.02 Å². The molecule has 0 amide bonds. The number of ether oxygens (including phenoxy) is 1. The predicted molar refractivity (Wildman–Crippen MR) is 116 cm³/mol. The zero-order valence-electron chi connectivity index (χ0n) is 16.4. The van der Waals surface area contributed by atoms with E-state index in [0.717, 1.165) is 23.3 Å². The van der Waals surface area contributed by atoms with Crippen LogP contribution in [0.1, 0.15) is 17.5 Å². The van der Waals surface area contributed by atoms with Crippen molar-refractivity contribution in [1.29, 1.82) is 0 Å². The molecule has 0 spiro atoms. The van der Waals surface area contributed by atoms with Crippen molar-refractivity contribution in [3.63, 3.8) is 0 Å². The van der Waals surface area contributed by atoms with Gasteiger partial charge in [-0.15, -0.1) is 6.58 Å². The molecule has 2 aromatic rings. The Morgan fingerprint density at radius 1 is 1.28 bits per heavy atom. The molecule has 1 aliphatic rings. The van der Waals surface area contributed by atoms with Crippen molar-refractivity contribution < 1.29 is 14.7 Å². The molecular weight excluding hydrogens is 388 g/mol. The first-order valence-corrected chi connectivity index (χ1v) is 10.1. The molecule has 0 radical (unpaired) electrons. The highest BCUT2D eigenvalue weighted by Crippen LogP contribution is 2.19. The van der Waals surface area contributed by atoms with Crippen molar-refractivity contribution in [3.05, 3.63) is 83.4 Å². The van der Waals surface area contributed by atoms with Crippen LogP contribution in [0, 0.1) is 0 Å². The van der Waals surface area contributed by atoms with E-state index in [1.807, 2.05) is 54.6 Å². The molecule has 0 fully saturated rings. The maximum Gasteiger partial charge on any atom is 0.145 e. The monoisotopic (exact) mass is 414 g/mol. The highest BCUT2D eigenvalue weighted by Gasteiger charge is 2.25. The summed E-state index contributed by atoms with van der Waals surface area (Å²) in [6.07, 6.45) is 1.74. The molecule has 3 rings (SSSR count). The number of aliphatic hydroxyl groups excluding tert-OH is 1. The zero-order chi connectivity index (χ0) is 20.5. The first kappa shape index (κ1) is 21.5. The van der Waals surface area contributed by atoms with Gasteiger partial charge in [0.25, 0.3) is 0 Å². The fourth-order valence-electron chi connectivity index (χ4n) is 3.35. The van der Waals surface area contributed by atoms with Crippen molar-refractivity contribution >= 4 is 17.3 Å². The highest BCUT2D eigenvalue weighted by molar-refractivity contribution is 6.30. The molecular formula is C23H27ClN2O3. The Labute approximate surface area is 177 Å². The molecule has 29 heavy (non-hydrogen) atoms. The molecule has 0 saturated carbocycles. The first-order chi connectivity index (χ1) is 14.1. The van der Waals surface area contributed by atoms with E-state index in [0.29, 0.717) is 31.3 Å².